The van der Waals surface area contributed by atoms with E-state index in [9.17, 15) is 0 Å². The number of rotatable bonds is 4. The molecule has 4 heteroatoms. The zero-order valence-electron chi connectivity index (χ0n) is 13.0. The summed E-state index contributed by atoms with van der Waals surface area (Å²) < 4.78 is 2.23. The van der Waals surface area contributed by atoms with Crippen LogP contribution in [0.15, 0.2) is 24.5 Å². The van der Waals surface area contributed by atoms with Gasteiger partial charge in [0.1, 0.15) is 0 Å². The maximum Gasteiger partial charge on any atom is 0.152 e. The molecule has 4 rings (SSSR count). The van der Waals surface area contributed by atoms with Crippen LogP contribution < -0.4 is 4.90 Å². The average Bonchev–Trinajstić information content (AvgIpc) is 2.97. The first-order valence-electron chi connectivity index (χ1n) is 8.11. The van der Waals surface area contributed by atoms with Gasteiger partial charge in [-0.25, -0.2) is 4.98 Å². The molecule has 3 heterocycles. The van der Waals surface area contributed by atoms with Crippen LogP contribution in [0.5, 0.6) is 0 Å². The van der Waals surface area contributed by atoms with E-state index in [1.807, 2.05) is 0 Å². The number of hydrogen-bond acceptors (Lipinski definition) is 3. The number of anilines is 1. The van der Waals surface area contributed by atoms with Gasteiger partial charge in [0, 0.05) is 33.0 Å². The average molecular weight is 284 g/mol. The van der Waals surface area contributed by atoms with Crippen molar-refractivity contribution in [2.24, 2.45) is 5.92 Å². The topological polar surface area (TPSA) is 23.8 Å². The molecule has 1 atom stereocenters. The highest BCUT2D eigenvalue weighted by Gasteiger charge is 2.33. The van der Waals surface area contributed by atoms with Crippen molar-refractivity contribution in [3.63, 3.8) is 0 Å². The second kappa shape index (κ2) is 5.02. The third-order valence-electron chi connectivity index (χ3n) is 4.83. The van der Waals surface area contributed by atoms with E-state index in [0.29, 0.717) is 6.04 Å². The van der Waals surface area contributed by atoms with Crippen LogP contribution in [0.3, 0.4) is 0 Å². The minimum absolute atomic E-state index is 0.510. The molecule has 0 amide bonds. The Bertz CT molecular complexity index is 641. The van der Waals surface area contributed by atoms with Gasteiger partial charge in [-0.15, -0.1) is 0 Å². The Morgan fingerprint density at radius 3 is 2.90 bits per heavy atom. The number of fused-ring (bicyclic) bond motifs is 1. The minimum atomic E-state index is 0.510. The quantitative estimate of drug-likeness (QED) is 0.862. The van der Waals surface area contributed by atoms with Crippen LogP contribution in [0.25, 0.3) is 5.52 Å². The van der Waals surface area contributed by atoms with Crippen molar-refractivity contribution in [2.45, 2.75) is 31.7 Å². The molecule has 4 nitrogen and oxygen atoms in total. The molecule has 2 aromatic heterocycles. The summed E-state index contributed by atoms with van der Waals surface area (Å²) >= 11 is 0. The van der Waals surface area contributed by atoms with Gasteiger partial charge in [0.25, 0.3) is 0 Å². The lowest BCUT2D eigenvalue weighted by atomic mass is 10.1. The maximum atomic E-state index is 5.00. The summed E-state index contributed by atoms with van der Waals surface area (Å²) in [6.45, 7) is 2.51. The summed E-state index contributed by atoms with van der Waals surface area (Å²) in [5.74, 6) is 2.03. The van der Waals surface area contributed by atoms with Gasteiger partial charge >= 0.3 is 0 Å². The van der Waals surface area contributed by atoms with E-state index in [2.05, 4.69) is 52.8 Å². The first-order valence-corrected chi connectivity index (χ1v) is 8.11. The number of aromatic nitrogens is 2. The Hall–Kier alpha value is -1.55. The highest BCUT2D eigenvalue weighted by Crippen LogP contribution is 2.37. The molecule has 1 aliphatic carbocycles. The van der Waals surface area contributed by atoms with Crippen molar-refractivity contribution < 1.29 is 0 Å². The van der Waals surface area contributed by atoms with E-state index < -0.39 is 0 Å². The van der Waals surface area contributed by atoms with Crippen LogP contribution in [0.2, 0.25) is 0 Å². The molecule has 0 N–H and O–H groups in total. The van der Waals surface area contributed by atoms with E-state index in [1.54, 1.807) is 0 Å². The van der Waals surface area contributed by atoms with Gasteiger partial charge in [0.15, 0.2) is 5.82 Å². The predicted octanol–water partition coefficient (Wildman–Crippen LogP) is 2.95. The molecule has 2 aliphatic rings. The lowest BCUT2D eigenvalue weighted by molar-refractivity contribution is 0.242. The molecule has 112 valence electrons. The van der Waals surface area contributed by atoms with Crippen molar-refractivity contribution in [3.8, 4) is 0 Å². The zero-order valence-corrected chi connectivity index (χ0v) is 13.0. The number of nitrogens with zero attached hydrogens (tertiary/aromatic N) is 4. The summed E-state index contributed by atoms with van der Waals surface area (Å²) in [6, 6.07) is 4.75. The third-order valence-corrected chi connectivity index (χ3v) is 4.83. The van der Waals surface area contributed by atoms with E-state index in [0.717, 1.165) is 11.7 Å². The molecule has 2 fully saturated rings. The van der Waals surface area contributed by atoms with Gasteiger partial charge in [0.05, 0.1) is 17.3 Å². The fourth-order valence-electron chi connectivity index (χ4n) is 3.55. The smallest absolute Gasteiger partial charge is 0.152 e. The highest BCUT2D eigenvalue weighted by atomic mass is 15.2. The van der Waals surface area contributed by atoms with E-state index in [1.165, 1.54) is 50.0 Å². The van der Waals surface area contributed by atoms with Crippen LogP contribution >= 0.6 is 0 Å². The van der Waals surface area contributed by atoms with Crippen LogP contribution in [0.1, 0.15) is 37.4 Å². The summed E-state index contributed by atoms with van der Waals surface area (Å²) in [7, 11) is 4.16. The molecule has 21 heavy (non-hydrogen) atoms. The van der Waals surface area contributed by atoms with Gasteiger partial charge in [-0.2, -0.15) is 0 Å². The number of hydrogen-bond donors (Lipinski definition) is 0. The monoisotopic (exact) mass is 284 g/mol. The molecule has 0 spiro atoms. The van der Waals surface area contributed by atoms with Crippen molar-refractivity contribution in [1.29, 1.82) is 0 Å². The van der Waals surface area contributed by atoms with Crippen molar-refractivity contribution >= 4 is 11.3 Å². The Balaban J connectivity index is 1.71. The van der Waals surface area contributed by atoms with Crippen LogP contribution in [-0.2, 0) is 0 Å². The Kier molecular flexibility index (Phi) is 3.14. The summed E-state index contributed by atoms with van der Waals surface area (Å²) in [5.41, 5.74) is 2.43. The Morgan fingerprint density at radius 1 is 1.29 bits per heavy atom. The van der Waals surface area contributed by atoms with Crippen molar-refractivity contribution in [2.75, 3.05) is 32.1 Å². The molecular formula is C17H24N4. The second-order valence-corrected chi connectivity index (χ2v) is 6.78. The Labute approximate surface area is 126 Å². The first kappa shape index (κ1) is 13.1. The highest BCUT2D eigenvalue weighted by molar-refractivity contribution is 5.69. The largest absolute Gasteiger partial charge is 0.361 e. The number of likely N-dealkylation sites (tertiary alicyclic amines) is 1. The molecular weight excluding hydrogens is 260 g/mol. The summed E-state index contributed by atoms with van der Waals surface area (Å²) in [5, 5.41) is 0. The molecule has 1 saturated heterocycles. The molecule has 0 aromatic carbocycles. The summed E-state index contributed by atoms with van der Waals surface area (Å²) in [4.78, 5) is 9.78. The SMILES string of the molecule is CN(C)c1nc([C@@H]2CCCN2CC2CC2)cn2cccc12. The summed E-state index contributed by atoms with van der Waals surface area (Å²) in [6.07, 6.45) is 9.78. The van der Waals surface area contributed by atoms with Crippen LogP contribution in [0, 0.1) is 5.92 Å². The van der Waals surface area contributed by atoms with Crippen LogP contribution in [0.4, 0.5) is 5.82 Å². The molecule has 1 aliphatic heterocycles. The molecule has 0 radical (unpaired) electrons. The maximum absolute atomic E-state index is 5.00. The van der Waals surface area contributed by atoms with E-state index >= 15 is 0 Å². The van der Waals surface area contributed by atoms with Gasteiger partial charge < -0.3 is 9.30 Å². The second-order valence-electron chi connectivity index (χ2n) is 6.78. The van der Waals surface area contributed by atoms with Crippen molar-refractivity contribution in [3.05, 3.63) is 30.2 Å². The van der Waals surface area contributed by atoms with Gasteiger partial charge in [-0.3, -0.25) is 4.90 Å². The predicted molar refractivity (Wildman–Crippen MR) is 85.8 cm³/mol. The van der Waals surface area contributed by atoms with Gasteiger partial charge in [0.2, 0.25) is 0 Å². The van der Waals surface area contributed by atoms with Crippen LogP contribution in [-0.4, -0.2) is 41.5 Å². The van der Waals surface area contributed by atoms with E-state index in [-0.39, 0.29) is 0 Å². The van der Waals surface area contributed by atoms with Gasteiger partial charge in [-0.05, 0) is 50.3 Å². The fraction of sp³-hybridized carbons (Fsp3) is 0.588. The molecule has 0 unspecified atom stereocenters. The molecule has 1 saturated carbocycles. The lowest BCUT2D eigenvalue weighted by Gasteiger charge is -2.25. The normalized spacial score (nSPS) is 23.0. The zero-order chi connectivity index (χ0) is 14.4. The third kappa shape index (κ3) is 2.42. The standard InChI is InChI=1S/C17H24N4/c1-19(2)17-16-6-4-10-21(16)12-14(18-17)15-5-3-9-20(15)11-13-7-8-13/h4,6,10,12-13,15H,3,5,7-9,11H2,1-2H3/t15-/m0/s1. The lowest BCUT2D eigenvalue weighted by Crippen LogP contribution is -2.27. The van der Waals surface area contributed by atoms with Gasteiger partial charge in [-0.1, -0.05) is 0 Å². The first-order chi connectivity index (χ1) is 10.2. The fourth-order valence-corrected chi connectivity index (χ4v) is 3.55. The van der Waals surface area contributed by atoms with E-state index in [4.69, 9.17) is 4.98 Å². The minimum Gasteiger partial charge on any atom is -0.361 e. The molecule has 0 bridgehead atoms. The van der Waals surface area contributed by atoms with Crippen molar-refractivity contribution in [1.82, 2.24) is 14.3 Å². The molecule has 2 aromatic rings. The Morgan fingerprint density at radius 2 is 2.14 bits per heavy atom.